The van der Waals surface area contributed by atoms with Gasteiger partial charge in [0.15, 0.2) is 12.4 Å². The molecule has 0 aromatic rings. The fourth-order valence-electron chi connectivity index (χ4n) is 4.42. The Morgan fingerprint density at radius 2 is 1.24 bits per heavy atom. The van der Waals surface area contributed by atoms with E-state index in [1.165, 1.54) is 0 Å². The number of rotatable bonds is 14. The van der Waals surface area contributed by atoms with Gasteiger partial charge in [0, 0.05) is 0 Å². The largest absolute Gasteiger partial charge is 0.548 e. The van der Waals surface area contributed by atoms with Gasteiger partial charge in [-0.2, -0.15) is 0 Å². The predicted molar refractivity (Wildman–Crippen MR) is 114 cm³/mol. The third-order valence-corrected chi connectivity index (χ3v) is 6.56. The zero-order valence-electron chi connectivity index (χ0n) is 21.1. The summed E-state index contributed by atoms with van der Waals surface area (Å²) in [5.41, 5.74) is 0. The van der Waals surface area contributed by atoms with Crippen molar-refractivity contribution in [2.75, 3.05) is 39.6 Å². The normalized spacial score (nSPS) is 44.8. The Hall–Kier alpha value is -1.70. The van der Waals surface area contributed by atoms with Gasteiger partial charge in [-0.25, -0.2) is 0 Å². The topological polar surface area (TPSA) is 327 Å². The van der Waals surface area contributed by atoms with Crippen LogP contribution in [-0.4, -0.2) is 177 Å². The van der Waals surface area contributed by atoms with Crippen molar-refractivity contribution in [3.05, 3.63) is 0 Å². The second kappa shape index (κ2) is 13.7. The fraction of sp³-hybridized carbons (Fsp3) is 0.905. The minimum absolute atomic E-state index is 0.691. The van der Waals surface area contributed by atoms with Crippen LogP contribution in [0.4, 0.5) is 0 Å². The number of carbonyl (C=O) groups excluding carboxylic acids is 2. The lowest BCUT2D eigenvalue weighted by molar-refractivity contribution is -0.500. The Morgan fingerprint density at radius 3 is 1.76 bits per heavy atom. The molecule has 0 bridgehead atoms. The number of aliphatic carboxylic acids is 2. The summed E-state index contributed by atoms with van der Waals surface area (Å²) in [5.74, 6) is -9.21. The van der Waals surface area contributed by atoms with E-state index in [0.29, 0.717) is 0 Å². The number of aliphatic hydroxyl groups is 9. The summed E-state index contributed by atoms with van der Waals surface area (Å²) >= 11 is 0. The Labute approximate surface area is 230 Å². The maximum absolute atomic E-state index is 10.9. The molecule has 20 heteroatoms. The first-order valence-electron chi connectivity index (χ1n) is 12.1. The summed E-state index contributed by atoms with van der Waals surface area (Å²) in [6, 6.07) is 0. The first-order chi connectivity index (χ1) is 19.2. The van der Waals surface area contributed by atoms with E-state index in [4.69, 9.17) is 33.2 Å². The molecule has 20 nitrogen and oxygen atoms in total. The molecule has 3 aliphatic heterocycles. The van der Waals surface area contributed by atoms with E-state index in [-0.39, 0.29) is 0 Å². The smallest absolute Gasteiger partial charge is 0.318 e. The van der Waals surface area contributed by atoms with Gasteiger partial charge in [0.1, 0.15) is 61.5 Å². The average molecular weight is 604 g/mol. The van der Waals surface area contributed by atoms with E-state index >= 15 is 0 Å². The molecule has 41 heavy (non-hydrogen) atoms. The van der Waals surface area contributed by atoms with Gasteiger partial charge in [-0.05, 0) is 0 Å². The third kappa shape index (κ3) is 7.10. The van der Waals surface area contributed by atoms with Crippen LogP contribution in [0.2, 0.25) is 0 Å². The molecule has 0 aliphatic carbocycles. The molecule has 13 atom stereocenters. The Bertz CT molecular complexity index is 889. The van der Waals surface area contributed by atoms with Gasteiger partial charge in [-0.3, -0.25) is 9.47 Å². The molecule has 9 N–H and O–H groups in total. The summed E-state index contributed by atoms with van der Waals surface area (Å²) in [4.78, 5) is 21.3. The number of aliphatic hydroxyl groups excluding tert-OH is 9. The van der Waals surface area contributed by atoms with Crippen LogP contribution in [0.25, 0.3) is 0 Å². The van der Waals surface area contributed by atoms with Crippen LogP contribution in [0.15, 0.2) is 0 Å². The zero-order valence-corrected chi connectivity index (χ0v) is 21.1. The number of hydrogen-bond donors (Lipinski definition) is 9. The minimum atomic E-state index is -3.15. The molecule has 3 saturated heterocycles. The van der Waals surface area contributed by atoms with Crippen molar-refractivity contribution in [2.45, 2.75) is 79.1 Å². The average Bonchev–Trinajstić information content (AvgIpc) is 3.29. The number of hydrogen-bond acceptors (Lipinski definition) is 20. The Balaban J connectivity index is 1.93. The highest BCUT2D eigenvalue weighted by Crippen LogP contribution is 2.44. The molecular formula is C21H32O20-2. The van der Waals surface area contributed by atoms with Crippen LogP contribution in [0, 0.1) is 0 Å². The minimum Gasteiger partial charge on any atom is -0.548 e. The first kappa shape index (κ1) is 33.8. The van der Waals surface area contributed by atoms with E-state index in [0.717, 1.165) is 0 Å². The third-order valence-electron chi connectivity index (χ3n) is 6.56. The second-order valence-corrected chi connectivity index (χ2v) is 9.45. The maximum atomic E-state index is 10.9. The van der Waals surface area contributed by atoms with Crippen molar-refractivity contribution >= 4 is 11.9 Å². The highest BCUT2D eigenvalue weighted by molar-refractivity contribution is 5.65. The van der Waals surface area contributed by atoms with Crippen molar-refractivity contribution in [1.29, 1.82) is 0 Å². The number of carboxylic acids is 2. The quantitative estimate of drug-likeness (QED) is 0.0831. The zero-order chi connectivity index (χ0) is 30.7. The van der Waals surface area contributed by atoms with E-state index in [9.17, 15) is 65.8 Å². The molecular weight excluding hydrogens is 572 g/mol. The standard InChI is InChI=1S/C21H34O20/c22-1-7-12(28)15(31)16(32)19(37-7)40-21(18(34)14(30)9(39-21)3-36-5-11(26)27)41-20(6-23)17(33)13(29)8(38-20)2-35-4-10(24)25/h7-9,12-19,22-23,28-34H,1-6H2,(H,24,25)(H,26,27)/p-2/t7?,8-,9-,12-,13?,14?,15-,16?,17-,18-,19-,20+,21-/m1/s1. The van der Waals surface area contributed by atoms with Crippen LogP contribution in [0.5, 0.6) is 0 Å². The number of carboxylic acid groups (broad SMARTS) is 2. The molecule has 0 saturated carbocycles. The van der Waals surface area contributed by atoms with Crippen LogP contribution >= 0.6 is 0 Å². The van der Waals surface area contributed by atoms with Crippen LogP contribution < -0.4 is 10.2 Å². The molecule has 4 unspecified atom stereocenters. The molecule has 0 spiro atoms. The monoisotopic (exact) mass is 604 g/mol. The molecule has 3 aliphatic rings. The predicted octanol–water partition coefficient (Wildman–Crippen LogP) is -10.1. The van der Waals surface area contributed by atoms with Crippen molar-refractivity contribution in [3.63, 3.8) is 0 Å². The molecule has 3 heterocycles. The van der Waals surface area contributed by atoms with Gasteiger partial charge in [0.25, 0.3) is 0 Å². The van der Waals surface area contributed by atoms with E-state index in [1.54, 1.807) is 0 Å². The van der Waals surface area contributed by atoms with Crippen molar-refractivity contribution in [2.24, 2.45) is 0 Å². The molecule has 0 amide bonds. The second-order valence-electron chi connectivity index (χ2n) is 9.45. The lowest BCUT2D eigenvalue weighted by Crippen LogP contribution is -2.65. The van der Waals surface area contributed by atoms with Gasteiger partial charge in [-0.1, -0.05) is 0 Å². The maximum Gasteiger partial charge on any atom is 0.318 e. The SMILES string of the molecule is O=C([O-])COC[C@H]1O[C@@](CO)(O[C@@]2(O[C@H]3OC(CO)[C@@H](O)[C@@H](O)C3O)O[C@H](COCC(=O)[O-])C(O)[C@H]2O)[C@H](O)C1O. The van der Waals surface area contributed by atoms with Crippen LogP contribution in [-0.2, 0) is 42.7 Å². The molecule has 0 aromatic carbocycles. The highest BCUT2D eigenvalue weighted by atomic mass is 17.0. The van der Waals surface area contributed by atoms with Gasteiger partial charge < -0.3 is 89.4 Å². The van der Waals surface area contributed by atoms with Gasteiger partial charge in [0.05, 0.1) is 45.0 Å². The van der Waals surface area contributed by atoms with E-state index < -0.39 is 131 Å². The summed E-state index contributed by atoms with van der Waals surface area (Å²) in [6.45, 7) is -5.61. The lowest BCUT2D eigenvalue weighted by Gasteiger charge is -2.45. The van der Waals surface area contributed by atoms with E-state index in [1.807, 2.05) is 0 Å². The molecule has 3 fully saturated rings. The first-order valence-corrected chi connectivity index (χ1v) is 12.1. The van der Waals surface area contributed by atoms with Gasteiger partial charge >= 0.3 is 5.97 Å². The molecule has 3 rings (SSSR count). The van der Waals surface area contributed by atoms with Gasteiger partial charge in [-0.15, -0.1) is 0 Å². The summed E-state index contributed by atoms with van der Waals surface area (Å²) in [6.07, 6.45) is -21.5. The van der Waals surface area contributed by atoms with Crippen LogP contribution in [0.3, 0.4) is 0 Å². The Morgan fingerprint density at radius 1 is 0.707 bits per heavy atom. The van der Waals surface area contributed by atoms with E-state index in [2.05, 4.69) is 0 Å². The fourth-order valence-corrected chi connectivity index (χ4v) is 4.42. The molecule has 0 aromatic heterocycles. The molecule has 238 valence electrons. The van der Waals surface area contributed by atoms with Crippen molar-refractivity contribution in [3.8, 4) is 0 Å². The Kier molecular flexibility index (Phi) is 11.3. The van der Waals surface area contributed by atoms with Crippen molar-refractivity contribution in [1.82, 2.24) is 0 Å². The van der Waals surface area contributed by atoms with Crippen molar-refractivity contribution < 1.29 is 98.9 Å². The number of carbonyl (C=O) groups is 2. The summed E-state index contributed by atoms with van der Waals surface area (Å²) in [7, 11) is 0. The highest BCUT2D eigenvalue weighted by Gasteiger charge is 2.67. The molecule has 0 radical (unpaired) electrons. The van der Waals surface area contributed by atoms with Gasteiger partial charge in [0.2, 0.25) is 5.79 Å². The lowest BCUT2D eigenvalue weighted by atomic mass is 9.99. The summed E-state index contributed by atoms with van der Waals surface area (Å²) < 4.78 is 36.7. The number of ether oxygens (including phenoxy) is 7. The van der Waals surface area contributed by atoms with Crippen LogP contribution in [0.1, 0.15) is 0 Å². The summed E-state index contributed by atoms with van der Waals surface area (Å²) in [5, 5.41) is 114.